The fourth-order valence-corrected chi connectivity index (χ4v) is 5.84. The number of carbonyl (C=O) groups excluding carboxylic acids is 1. The fraction of sp³-hybridized carbons (Fsp3) is 0.500. The molecule has 1 aromatic heterocycles. The Morgan fingerprint density at radius 3 is 2.48 bits per heavy atom. The van der Waals surface area contributed by atoms with Gasteiger partial charge in [-0.1, -0.05) is 0 Å². The highest BCUT2D eigenvalue weighted by Gasteiger charge is 2.34. The third-order valence-corrected chi connectivity index (χ3v) is 8.14. The van der Waals surface area contributed by atoms with Crippen LogP contribution in [0.15, 0.2) is 47.5 Å². The number of rotatable bonds is 6. The summed E-state index contributed by atoms with van der Waals surface area (Å²) in [6, 6.07) is 10.5. The van der Waals surface area contributed by atoms with Crippen molar-refractivity contribution in [1.82, 2.24) is 13.8 Å². The van der Waals surface area contributed by atoms with Crippen LogP contribution in [0, 0.1) is 0 Å². The van der Waals surface area contributed by atoms with Gasteiger partial charge >= 0.3 is 0 Å². The minimum absolute atomic E-state index is 0.0927. The quantitative estimate of drug-likeness (QED) is 0.736. The van der Waals surface area contributed by atoms with Crippen molar-refractivity contribution in [2.24, 2.45) is 7.05 Å². The Bertz CT molecular complexity index is 1010. The molecule has 1 N–H and O–H groups in total. The Morgan fingerprint density at radius 1 is 1.13 bits per heavy atom. The summed E-state index contributed by atoms with van der Waals surface area (Å²) < 4.78 is 34.3. The highest BCUT2D eigenvalue weighted by Crippen LogP contribution is 2.33. The molecule has 0 saturated carbocycles. The zero-order chi connectivity index (χ0) is 22.0. The zero-order valence-electron chi connectivity index (χ0n) is 18.0. The smallest absolute Gasteiger partial charge is 0.243 e. The van der Waals surface area contributed by atoms with Gasteiger partial charge in [0.15, 0.2) is 0 Å². The minimum atomic E-state index is -3.54. The predicted octanol–water partition coefficient (Wildman–Crippen LogP) is 2.21. The van der Waals surface area contributed by atoms with E-state index in [0.717, 1.165) is 19.4 Å². The van der Waals surface area contributed by atoms with Crippen molar-refractivity contribution < 1.29 is 17.9 Å². The SMILES string of the molecule is CC(C(=O)Nc1ccc(S(=O)(=O)N2CCOCC2)cc1)N1CCCC1c1cccn1C. The summed E-state index contributed by atoms with van der Waals surface area (Å²) in [4.78, 5) is 15.4. The number of nitrogens with zero attached hydrogens (tertiary/aromatic N) is 3. The van der Waals surface area contributed by atoms with Crippen molar-refractivity contribution in [3.63, 3.8) is 0 Å². The van der Waals surface area contributed by atoms with Gasteiger partial charge in [0.1, 0.15) is 0 Å². The van der Waals surface area contributed by atoms with Crippen molar-refractivity contribution in [2.75, 3.05) is 38.2 Å². The monoisotopic (exact) mass is 446 g/mol. The predicted molar refractivity (Wildman–Crippen MR) is 118 cm³/mol. The van der Waals surface area contributed by atoms with Crippen LogP contribution >= 0.6 is 0 Å². The first-order chi connectivity index (χ1) is 14.9. The van der Waals surface area contributed by atoms with Crippen LogP contribution in [0.3, 0.4) is 0 Å². The van der Waals surface area contributed by atoms with Crippen molar-refractivity contribution >= 4 is 21.6 Å². The number of likely N-dealkylation sites (tertiary alicyclic amines) is 1. The van der Waals surface area contributed by atoms with Gasteiger partial charge in [-0.25, -0.2) is 8.42 Å². The molecule has 8 nitrogen and oxygen atoms in total. The van der Waals surface area contributed by atoms with Crippen LogP contribution in [-0.4, -0.2) is 67.0 Å². The maximum absolute atomic E-state index is 12.9. The van der Waals surface area contributed by atoms with Crippen LogP contribution in [0.1, 0.15) is 31.5 Å². The minimum Gasteiger partial charge on any atom is -0.379 e. The summed E-state index contributed by atoms with van der Waals surface area (Å²) in [7, 11) is -1.51. The van der Waals surface area contributed by atoms with Crippen LogP contribution in [-0.2, 0) is 26.6 Å². The highest BCUT2D eigenvalue weighted by atomic mass is 32.2. The molecular formula is C22H30N4O4S. The van der Waals surface area contributed by atoms with E-state index in [4.69, 9.17) is 4.74 Å². The summed E-state index contributed by atoms with van der Waals surface area (Å²) in [5, 5.41) is 2.94. The van der Waals surface area contributed by atoms with Crippen LogP contribution in [0.4, 0.5) is 5.69 Å². The molecule has 0 aliphatic carbocycles. The highest BCUT2D eigenvalue weighted by molar-refractivity contribution is 7.89. The third-order valence-electron chi connectivity index (χ3n) is 6.23. The first kappa shape index (κ1) is 22.0. The molecule has 2 unspecified atom stereocenters. The molecule has 3 heterocycles. The number of carbonyl (C=O) groups is 1. The third kappa shape index (κ3) is 4.55. The molecule has 2 aliphatic rings. The molecule has 0 bridgehead atoms. The zero-order valence-corrected chi connectivity index (χ0v) is 18.8. The Kier molecular flexibility index (Phi) is 6.47. The van der Waals surface area contributed by atoms with Crippen molar-refractivity contribution in [3.8, 4) is 0 Å². The number of anilines is 1. The van der Waals surface area contributed by atoms with Crippen molar-refractivity contribution in [2.45, 2.75) is 36.7 Å². The lowest BCUT2D eigenvalue weighted by Crippen LogP contribution is -2.42. The molecule has 2 fully saturated rings. The Balaban J connectivity index is 1.42. The van der Waals surface area contributed by atoms with Crippen LogP contribution in [0.25, 0.3) is 0 Å². The van der Waals surface area contributed by atoms with E-state index in [2.05, 4.69) is 20.9 Å². The maximum Gasteiger partial charge on any atom is 0.243 e. The number of aromatic nitrogens is 1. The van der Waals surface area contributed by atoms with Crippen LogP contribution in [0.2, 0.25) is 0 Å². The number of aryl methyl sites for hydroxylation is 1. The van der Waals surface area contributed by atoms with Gasteiger partial charge in [0.25, 0.3) is 0 Å². The van der Waals surface area contributed by atoms with Gasteiger partial charge in [0.05, 0.1) is 30.2 Å². The van der Waals surface area contributed by atoms with Gasteiger partial charge in [-0.3, -0.25) is 9.69 Å². The number of amides is 1. The Morgan fingerprint density at radius 2 is 1.84 bits per heavy atom. The molecule has 0 radical (unpaired) electrons. The van der Waals surface area contributed by atoms with E-state index in [0.29, 0.717) is 32.0 Å². The number of nitrogens with one attached hydrogen (secondary N) is 1. The number of benzene rings is 1. The van der Waals surface area contributed by atoms with E-state index in [1.165, 1.54) is 10.00 Å². The molecule has 1 aromatic carbocycles. The lowest BCUT2D eigenvalue weighted by atomic mass is 10.1. The average molecular weight is 447 g/mol. The molecular weight excluding hydrogens is 416 g/mol. The van der Waals surface area contributed by atoms with Crippen molar-refractivity contribution in [3.05, 3.63) is 48.3 Å². The van der Waals surface area contributed by atoms with Gasteiger partial charge < -0.3 is 14.6 Å². The lowest BCUT2D eigenvalue weighted by Gasteiger charge is -2.30. The Hall–Kier alpha value is -2.20. The number of ether oxygens (including phenoxy) is 1. The van der Waals surface area contributed by atoms with Crippen LogP contribution in [0.5, 0.6) is 0 Å². The lowest BCUT2D eigenvalue weighted by molar-refractivity contribution is -0.121. The summed E-state index contributed by atoms with van der Waals surface area (Å²) in [6.45, 7) is 4.33. The first-order valence-electron chi connectivity index (χ1n) is 10.7. The second-order valence-corrected chi connectivity index (χ2v) is 10.1. The molecule has 4 rings (SSSR count). The number of hydrogen-bond acceptors (Lipinski definition) is 5. The van der Waals surface area contributed by atoms with E-state index < -0.39 is 10.0 Å². The van der Waals surface area contributed by atoms with E-state index in [9.17, 15) is 13.2 Å². The number of sulfonamides is 1. The number of morpholine rings is 1. The normalized spacial score (nSPS) is 21.8. The second-order valence-electron chi connectivity index (χ2n) is 8.15. The standard InChI is InChI=1S/C22H30N4O4S/c1-17(26-12-4-6-21(26)20-5-3-11-24(20)2)22(27)23-18-7-9-19(10-8-18)31(28,29)25-13-15-30-16-14-25/h3,5,7-11,17,21H,4,6,12-16H2,1-2H3,(H,23,27). The van der Waals surface area contributed by atoms with E-state index >= 15 is 0 Å². The molecule has 2 atom stereocenters. The second kappa shape index (κ2) is 9.12. The molecule has 31 heavy (non-hydrogen) atoms. The van der Waals surface area contributed by atoms with E-state index in [-0.39, 0.29) is 22.9 Å². The number of hydrogen-bond donors (Lipinski definition) is 1. The van der Waals surface area contributed by atoms with Gasteiger partial charge in [-0.05, 0) is 62.7 Å². The first-order valence-corrected chi connectivity index (χ1v) is 12.2. The molecule has 168 valence electrons. The average Bonchev–Trinajstić information content (AvgIpc) is 3.42. The van der Waals surface area contributed by atoms with Gasteiger partial charge in [-0.2, -0.15) is 4.31 Å². The fourth-order valence-electron chi connectivity index (χ4n) is 4.43. The summed E-state index contributed by atoms with van der Waals surface area (Å²) in [5.74, 6) is -0.0927. The summed E-state index contributed by atoms with van der Waals surface area (Å²) in [6.07, 6.45) is 4.12. The van der Waals surface area contributed by atoms with Crippen molar-refractivity contribution in [1.29, 1.82) is 0 Å². The molecule has 2 aromatic rings. The topological polar surface area (TPSA) is 83.9 Å². The Labute approximate surface area is 183 Å². The molecule has 9 heteroatoms. The molecule has 1 amide bonds. The van der Waals surface area contributed by atoms with Gasteiger partial charge in [0, 0.05) is 37.7 Å². The maximum atomic E-state index is 12.9. The molecule has 2 saturated heterocycles. The van der Waals surface area contributed by atoms with Gasteiger partial charge in [-0.15, -0.1) is 0 Å². The summed E-state index contributed by atoms with van der Waals surface area (Å²) in [5.41, 5.74) is 1.81. The molecule has 0 spiro atoms. The summed E-state index contributed by atoms with van der Waals surface area (Å²) >= 11 is 0. The van der Waals surface area contributed by atoms with E-state index in [1.807, 2.05) is 26.2 Å². The molecule has 2 aliphatic heterocycles. The van der Waals surface area contributed by atoms with Crippen LogP contribution < -0.4 is 5.32 Å². The largest absolute Gasteiger partial charge is 0.379 e. The van der Waals surface area contributed by atoms with Gasteiger partial charge in [0.2, 0.25) is 15.9 Å². The van der Waals surface area contributed by atoms with E-state index in [1.54, 1.807) is 24.3 Å².